The standard InChI is InChI=1S/C16H15Cl2NS/c17-12-5-3-6-13(18)11(12)9-14(19)16-8-10-4-1-2-7-15(10)20-16/h1-7,14,16H,8-9,19H2. The Morgan fingerprint density at radius 2 is 1.80 bits per heavy atom. The molecule has 0 spiro atoms. The molecule has 3 rings (SSSR count). The van der Waals surface area contributed by atoms with E-state index in [1.165, 1.54) is 10.5 Å². The summed E-state index contributed by atoms with van der Waals surface area (Å²) in [6, 6.07) is 14.1. The van der Waals surface area contributed by atoms with E-state index in [1.807, 2.05) is 30.0 Å². The number of nitrogens with two attached hydrogens (primary N) is 1. The van der Waals surface area contributed by atoms with Crippen molar-refractivity contribution in [1.29, 1.82) is 0 Å². The lowest BCUT2D eigenvalue weighted by molar-refractivity contribution is 0.633. The van der Waals surface area contributed by atoms with Crippen LogP contribution in [0.4, 0.5) is 0 Å². The molecule has 2 atom stereocenters. The maximum atomic E-state index is 6.39. The van der Waals surface area contributed by atoms with Crippen LogP contribution in [0.2, 0.25) is 10.0 Å². The van der Waals surface area contributed by atoms with Crippen LogP contribution in [0.25, 0.3) is 0 Å². The normalized spacial score (nSPS) is 18.9. The number of hydrogen-bond acceptors (Lipinski definition) is 2. The number of halogens is 2. The van der Waals surface area contributed by atoms with Gasteiger partial charge in [-0.05, 0) is 42.2 Å². The molecule has 0 bridgehead atoms. The van der Waals surface area contributed by atoms with Gasteiger partial charge in [-0.2, -0.15) is 0 Å². The summed E-state index contributed by atoms with van der Waals surface area (Å²) in [6.07, 6.45) is 1.73. The van der Waals surface area contributed by atoms with E-state index < -0.39 is 0 Å². The van der Waals surface area contributed by atoms with Gasteiger partial charge in [-0.1, -0.05) is 47.5 Å². The number of benzene rings is 2. The van der Waals surface area contributed by atoms with Crippen molar-refractivity contribution < 1.29 is 0 Å². The molecule has 0 amide bonds. The molecule has 1 aliphatic heterocycles. The highest BCUT2D eigenvalue weighted by Crippen LogP contribution is 2.39. The molecule has 1 nitrogen and oxygen atoms in total. The van der Waals surface area contributed by atoms with Crippen molar-refractivity contribution in [3.05, 3.63) is 63.6 Å². The molecule has 1 aliphatic rings. The van der Waals surface area contributed by atoms with Crippen LogP contribution < -0.4 is 5.73 Å². The van der Waals surface area contributed by atoms with Gasteiger partial charge in [0.25, 0.3) is 0 Å². The predicted molar refractivity (Wildman–Crippen MR) is 87.9 cm³/mol. The van der Waals surface area contributed by atoms with Crippen LogP contribution in [-0.2, 0) is 12.8 Å². The topological polar surface area (TPSA) is 26.0 Å². The fraction of sp³-hybridized carbons (Fsp3) is 0.250. The number of fused-ring (bicyclic) bond motifs is 1. The average molecular weight is 324 g/mol. The van der Waals surface area contributed by atoms with E-state index >= 15 is 0 Å². The molecule has 0 saturated carbocycles. The monoisotopic (exact) mass is 323 g/mol. The molecule has 0 radical (unpaired) electrons. The molecular weight excluding hydrogens is 309 g/mol. The predicted octanol–water partition coefficient (Wildman–Crippen LogP) is 4.58. The van der Waals surface area contributed by atoms with E-state index in [4.69, 9.17) is 28.9 Å². The second-order valence-corrected chi connectivity index (χ2v) is 7.13. The van der Waals surface area contributed by atoms with Crippen LogP contribution in [-0.4, -0.2) is 11.3 Å². The van der Waals surface area contributed by atoms with Crippen molar-refractivity contribution in [3.8, 4) is 0 Å². The lowest BCUT2D eigenvalue weighted by Crippen LogP contribution is -2.34. The second-order valence-electron chi connectivity index (χ2n) is 5.04. The second kappa shape index (κ2) is 5.98. The van der Waals surface area contributed by atoms with Gasteiger partial charge in [-0.15, -0.1) is 11.8 Å². The molecule has 2 N–H and O–H groups in total. The van der Waals surface area contributed by atoms with Crippen molar-refractivity contribution in [2.24, 2.45) is 5.73 Å². The molecule has 2 aromatic carbocycles. The Labute approximate surface area is 133 Å². The third-order valence-electron chi connectivity index (χ3n) is 3.65. The van der Waals surface area contributed by atoms with Crippen molar-refractivity contribution in [1.82, 2.24) is 0 Å². The van der Waals surface area contributed by atoms with Gasteiger partial charge < -0.3 is 5.73 Å². The first-order chi connectivity index (χ1) is 9.65. The minimum Gasteiger partial charge on any atom is -0.326 e. The number of rotatable bonds is 3. The molecule has 2 aromatic rings. The first kappa shape index (κ1) is 14.3. The molecule has 0 aromatic heterocycles. The summed E-state index contributed by atoms with van der Waals surface area (Å²) in [5, 5.41) is 1.79. The summed E-state index contributed by atoms with van der Waals surface area (Å²) in [5.41, 5.74) is 8.74. The fourth-order valence-corrected chi connectivity index (χ4v) is 4.41. The molecule has 0 aliphatic carbocycles. The average Bonchev–Trinajstić information content (AvgIpc) is 2.87. The van der Waals surface area contributed by atoms with Gasteiger partial charge in [-0.3, -0.25) is 0 Å². The summed E-state index contributed by atoms with van der Waals surface area (Å²) < 4.78 is 0. The summed E-state index contributed by atoms with van der Waals surface area (Å²) in [5.74, 6) is 0. The zero-order valence-corrected chi connectivity index (χ0v) is 13.2. The van der Waals surface area contributed by atoms with Gasteiger partial charge in [0.15, 0.2) is 0 Å². The van der Waals surface area contributed by atoms with E-state index in [-0.39, 0.29) is 6.04 Å². The largest absolute Gasteiger partial charge is 0.326 e. The Morgan fingerprint density at radius 3 is 2.50 bits per heavy atom. The third-order valence-corrected chi connectivity index (χ3v) is 5.83. The Hall–Kier alpha value is -0.670. The van der Waals surface area contributed by atoms with Gasteiger partial charge in [0.1, 0.15) is 0 Å². The van der Waals surface area contributed by atoms with Crippen molar-refractivity contribution in [2.45, 2.75) is 29.0 Å². The Bertz CT molecular complexity index is 584. The molecular formula is C16H15Cl2NS. The van der Waals surface area contributed by atoms with Crippen LogP contribution in [0.5, 0.6) is 0 Å². The molecule has 2 unspecified atom stereocenters. The Balaban J connectivity index is 1.74. The highest BCUT2D eigenvalue weighted by molar-refractivity contribution is 8.00. The van der Waals surface area contributed by atoms with Gasteiger partial charge in [-0.25, -0.2) is 0 Å². The smallest absolute Gasteiger partial charge is 0.0453 e. The van der Waals surface area contributed by atoms with Crippen LogP contribution in [0.15, 0.2) is 47.4 Å². The fourth-order valence-electron chi connectivity index (χ4n) is 2.54. The SMILES string of the molecule is NC(Cc1c(Cl)cccc1Cl)C1Cc2ccccc2S1. The maximum Gasteiger partial charge on any atom is 0.0453 e. The lowest BCUT2D eigenvalue weighted by atomic mass is 9.99. The molecule has 104 valence electrons. The van der Waals surface area contributed by atoms with Crippen molar-refractivity contribution in [3.63, 3.8) is 0 Å². The van der Waals surface area contributed by atoms with Gasteiger partial charge in [0, 0.05) is 26.2 Å². The van der Waals surface area contributed by atoms with E-state index in [0.717, 1.165) is 12.0 Å². The summed E-state index contributed by atoms with van der Waals surface area (Å²) in [6.45, 7) is 0. The van der Waals surface area contributed by atoms with E-state index in [9.17, 15) is 0 Å². The Kier molecular flexibility index (Phi) is 4.27. The van der Waals surface area contributed by atoms with Gasteiger partial charge in [0.05, 0.1) is 0 Å². The highest BCUT2D eigenvalue weighted by atomic mass is 35.5. The molecule has 1 heterocycles. The van der Waals surface area contributed by atoms with Crippen molar-refractivity contribution >= 4 is 35.0 Å². The first-order valence-corrected chi connectivity index (χ1v) is 8.22. The highest BCUT2D eigenvalue weighted by Gasteiger charge is 2.27. The van der Waals surface area contributed by atoms with Gasteiger partial charge in [0.2, 0.25) is 0 Å². The lowest BCUT2D eigenvalue weighted by Gasteiger charge is -2.19. The summed E-state index contributed by atoms with van der Waals surface area (Å²) >= 11 is 14.3. The molecule has 20 heavy (non-hydrogen) atoms. The van der Waals surface area contributed by atoms with E-state index in [0.29, 0.717) is 21.7 Å². The summed E-state index contributed by atoms with van der Waals surface area (Å²) in [7, 11) is 0. The maximum absolute atomic E-state index is 6.39. The van der Waals surface area contributed by atoms with Crippen LogP contribution >= 0.6 is 35.0 Å². The molecule has 0 fully saturated rings. The minimum atomic E-state index is 0.0461. The molecule has 0 saturated heterocycles. The minimum absolute atomic E-state index is 0.0461. The molecule has 4 heteroatoms. The Morgan fingerprint density at radius 1 is 1.10 bits per heavy atom. The van der Waals surface area contributed by atoms with Crippen LogP contribution in [0.3, 0.4) is 0 Å². The quantitative estimate of drug-likeness (QED) is 0.894. The zero-order chi connectivity index (χ0) is 14.1. The van der Waals surface area contributed by atoms with E-state index in [1.54, 1.807) is 0 Å². The van der Waals surface area contributed by atoms with Crippen LogP contribution in [0, 0.1) is 0 Å². The number of thioether (sulfide) groups is 1. The van der Waals surface area contributed by atoms with Crippen molar-refractivity contribution in [2.75, 3.05) is 0 Å². The summed E-state index contributed by atoms with van der Waals surface area (Å²) in [4.78, 5) is 1.35. The zero-order valence-electron chi connectivity index (χ0n) is 10.9. The number of hydrogen-bond donors (Lipinski definition) is 1. The van der Waals surface area contributed by atoms with Crippen LogP contribution in [0.1, 0.15) is 11.1 Å². The van der Waals surface area contributed by atoms with E-state index in [2.05, 4.69) is 24.3 Å². The van der Waals surface area contributed by atoms with Gasteiger partial charge >= 0.3 is 0 Å². The first-order valence-electron chi connectivity index (χ1n) is 6.58. The third kappa shape index (κ3) is 2.84.